The van der Waals surface area contributed by atoms with Crippen LogP contribution in [0.2, 0.25) is 0 Å². The molecule has 156 valence electrons. The summed E-state index contributed by atoms with van der Waals surface area (Å²) >= 11 is 0. The van der Waals surface area contributed by atoms with Crippen LogP contribution in [0.1, 0.15) is 34.6 Å². The van der Waals surface area contributed by atoms with Crippen LogP contribution in [0.15, 0.2) is 29.3 Å². The van der Waals surface area contributed by atoms with Gasteiger partial charge in [-0.05, 0) is 25.8 Å². The highest BCUT2D eigenvalue weighted by Gasteiger charge is 2.23. The molecule has 0 spiro atoms. The molecule has 0 saturated heterocycles. The summed E-state index contributed by atoms with van der Waals surface area (Å²) in [4.78, 5) is 29.1. The normalized spacial score (nSPS) is 13.0. The Morgan fingerprint density at radius 2 is 2.10 bits per heavy atom. The highest BCUT2D eigenvalue weighted by Crippen LogP contribution is 2.27. The second kappa shape index (κ2) is 7.62. The molecule has 1 aliphatic heterocycles. The van der Waals surface area contributed by atoms with Gasteiger partial charge in [0.1, 0.15) is 28.8 Å². The number of nitrogens with zero attached hydrogens (tertiary/aromatic N) is 4. The van der Waals surface area contributed by atoms with Crippen LogP contribution in [0.25, 0.3) is 5.69 Å². The number of phenols is 1. The number of rotatable bonds is 4. The zero-order valence-electron chi connectivity index (χ0n) is 16.5. The van der Waals surface area contributed by atoms with Crippen molar-refractivity contribution < 1.29 is 19.0 Å². The van der Waals surface area contributed by atoms with E-state index < -0.39 is 23.2 Å². The van der Waals surface area contributed by atoms with Crippen LogP contribution in [0.3, 0.4) is 0 Å². The van der Waals surface area contributed by atoms with E-state index in [1.54, 1.807) is 6.92 Å². The number of anilines is 1. The Kier molecular flexibility index (Phi) is 4.98. The second-order valence-corrected chi connectivity index (χ2v) is 7.01. The monoisotopic (exact) mass is 413 g/mol. The molecule has 1 aromatic carbocycles. The zero-order chi connectivity index (χ0) is 21.4. The van der Waals surface area contributed by atoms with Crippen LogP contribution in [-0.2, 0) is 13.0 Å². The van der Waals surface area contributed by atoms with E-state index in [0.29, 0.717) is 35.8 Å². The van der Waals surface area contributed by atoms with Gasteiger partial charge in [0.15, 0.2) is 0 Å². The number of amides is 1. The molecule has 0 unspecified atom stereocenters. The summed E-state index contributed by atoms with van der Waals surface area (Å²) in [5, 5.41) is 17.1. The van der Waals surface area contributed by atoms with Crippen LogP contribution in [-0.4, -0.2) is 37.5 Å². The van der Waals surface area contributed by atoms with E-state index in [4.69, 9.17) is 4.74 Å². The number of fused-ring (bicyclic) bond motifs is 1. The molecule has 0 saturated carbocycles. The lowest BCUT2D eigenvalue weighted by atomic mass is 10.1. The molecule has 3 aromatic rings. The molecule has 9 nitrogen and oxygen atoms in total. The summed E-state index contributed by atoms with van der Waals surface area (Å²) in [6.45, 7) is 2.25. The molecule has 0 fully saturated rings. The van der Waals surface area contributed by atoms with E-state index in [-0.39, 0.29) is 11.3 Å². The van der Waals surface area contributed by atoms with Gasteiger partial charge in [0.05, 0.1) is 30.8 Å². The van der Waals surface area contributed by atoms with E-state index in [2.05, 4.69) is 15.4 Å². The summed E-state index contributed by atoms with van der Waals surface area (Å²) in [6, 6.07) is 1.91. The molecule has 3 heterocycles. The summed E-state index contributed by atoms with van der Waals surface area (Å²) < 4.78 is 22.4. The number of aromatic hydroxyl groups is 1. The van der Waals surface area contributed by atoms with Gasteiger partial charge in [-0.1, -0.05) is 0 Å². The van der Waals surface area contributed by atoms with Gasteiger partial charge in [-0.3, -0.25) is 14.3 Å². The number of benzene rings is 1. The average molecular weight is 413 g/mol. The maximum absolute atomic E-state index is 14.8. The third-order valence-corrected chi connectivity index (χ3v) is 5.15. The molecule has 0 bridgehead atoms. The molecular formula is C20H20FN5O4. The first-order valence-corrected chi connectivity index (χ1v) is 9.42. The Morgan fingerprint density at radius 3 is 2.83 bits per heavy atom. The Morgan fingerprint density at radius 1 is 1.30 bits per heavy atom. The van der Waals surface area contributed by atoms with Crippen molar-refractivity contribution in [3.8, 4) is 17.2 Å². The maximum atomic E-state index is 14.8. The minimum Gasteiger partial charge on any atom is -0.507 e. The van der Waals surface area contributed by atoms with Crippen molar-refractivity contribution in [3.05, 3.63) is 57.8 Å². The number of aromatic nitrogens is 4. The van der Waals surface area contributed by atoms with E-state index in [0.717, 1.165) is 29.7 Å². The summed E-state index contributed by atoms with van der Waals surface area (Å²) in [6.07, 6.45) is 5.31. The molecular weight excluding hydrogens is 393 g/mol. The van der Waals surface area contributed by atoms with Gasteiger partial charge >= 0.3 is 5.69 Å². The van der Waals surface area contributed by atoms with Gasteiger partial charge < -0.3 is 15.2 Å². The largest absolute Gasteiger partial charge is 0.507 e. The van der Waals surface area contributed by atoms with Gasteiger partial charge in [0.2, 0.25) is 0 Å². The third-order valence-electron chi connectivity index (χ3n) is 5.15. The van der Waals surface area contributed by atoms with Gasteiger partial charge in [0.25, 0.3) is 5.91 Å². The fourth-order valence-corrected chi connectivity index (χ4v) is 3.48. The number of phenolic OH excluding ortho intramolecular Hbond substituents is 1. The molecule has 10 heteroatoms. The number of aryl methyl sites for hydroxylation is 1. The molecule has 2 aromatic heterocycles. The summed E-state index contributed by atoms with van der Waals surface area (Å²) in [5.41, 5.74) is 0.0257. The highest BCUT2D eigenvalue weighted by atomic mass is 19.1. The lowest BCUT2D eigenvalue weighted by molar-refractivity contribution is 0.102. The van der Waals surface area contributed by atoms with Crippen LogP contribution in [0, 0.1) is 12.7 Å². The number of hydrogen-bond donors (Lipinski definition) is 2. The average Bonchev–Trinajstić information content (AvgIpc) is 3.07. The summed E-state index contributed by atoms with van der Waals surface area (Å²) in [7, 11) is 1.48. The van der Waals surface area contributed by atoms with Crippen molar-refractivity contribution in [3.63, 3.8) is 0 Å². The second-order valence-electron chi connectivity index (χ2n) is 7.01. The van der Waals surface area contributed by atoms with Crippen molar-refractivity contribution in [2.24, 2.45) is 0 Å². The molecule has 2 N–H and O–H groups in total. The number of carbonyl (C=O) groups is 1. The molecule has 1 aliphatic rings. The van der Waals surface area contributed by atoms with Gasteiger partial charge in [0, 0.05) is 24.6 Å². The number of ether oxygens (including phenoxy) is 1. The minimum atomic E-state index is -0.851. The molecule has 1 amide bonds. The topological polar surface area (TPSA) is 111 Å². The molecule has 0 atom stereocenters. The number of halogens is 1. The van der Waals surface area contributed by atoms with E-state index in [1.165, 1.54) is 24.1 Å². The predicted octanol–water partition coefficient (Wildman–Crippen LogP) is 2.18. The Balaban J connectivity index is 1.68. The Labute approximate surface area is 170 Å². The van der Waals surface area contributed by atoms with Crippen LogP contribution < -0.4 is 15.7 Å². The lowest BCUT2D eigenvalue weighted by Crippen LogP contribution is -2.26. The summed E-state index contributed by atoms with van der Waals surface area (Å²) in [5.74, 6) is -1.01. The van der Waals surface area contributed by atoms with Crippen molar-refractivity contribution in [2.75, 3.05) is 12.4 Å². The number of pyridine rings is 1. The van der Waals surface area contributed by atoms with E-state index in [1.807, 2.05) is 0 Å². The fraction of sp³-hybridized carbons (Fsp3) is 0.300. The molecule has 0 aliphatic carbocycles. The molecule has 0 radical (unpaired) electrons. The maximum Gasteiger partial charge on any atom is 0.350 e. The number of carbonyl (C=O) groups excluding carboxylic acids is 1. The first kappa shape index (κ1) is 19.6. The SMILES string of the molecule is COc1cncc(NC(=O)c2cc(F)c(-n3nc4n(c3=O)CCCC4)cc2O)c1C. The highest BCUT2D eigenvalue weighted by molar-refractivity contribution is 6.06. The predicted molar refractivity (Wildman–Crippen MR) is 106 cm³/mol. The van der Waals surface area contributed by atoms with Crippen LogP contribution in [0.5, 0.6) is 11.5 Å². The first-order chi connectivity index (χ1) is 14.4. The van der Waals surface area contributed by atoms with Crippen molar-refractivity contribution in [2.45, 2.75) is 32.7 Å². The standard InChI is InChI=1S/C20H20FN5O4/c1-11-14(9-22-10-17(11)30-2)23-19(28)12-7-13(21)15(8-16(12)27)26-20(29)25-6-4-3-5-18(25)24-26/h7-10,27H,3-6H2,1-2H3,(H,23,28). The van der Waals surface area contributed by atoms with Crippen LogP contribution >= 0.6 is 0 Å². The Hall–Kier alpha value is -3.69. The van der Waals surface area contributed by atoms with Crippen molar-refractivity contribution >= 4 is 11.6 Å². The quantitative estimate of drug-likeness (QED) is 0.678. The molecule has 30 heavy (non-hydrogen) atoms. The minimum absolute atomic E-state index is 0.213. The Bertz CT molecular complexity index is 1200. The number of hydrogen-bond acceptors (Lipinski definition) is 6. The molecule has 4 rings (SSSR count). The van der Waals surface area contributed by atoms with Crippen molar-refractivity contribution in [1.29, 1.82) is 0 Å². The smallest absolute Gasteiger partial charge is 0.350 e. The third kappa shape index (κ3) is 3.30. The first-order valence-electron chi connectivity index (χ1n) is 9.42. The van der Waals surface area contributed by atoms with Gasteiger partial charge in [-0.2, -0.15) is 4.68 Å². The van der Waals surface area contributed by atoms with Crippen LogP contribution in [0.4, 0.5) is 10.1 Å². The van der Waals surface area contributed by atoms with Gasteiger partial charge in [-0.25, -0.2) is 9.18 Å². The number of nitrogens with one attached hydrogen (secondary N) is 1. The fourth-order valence-electron chi connectivity index (χ4n) is 3.48. The number of methoxy groups -OCH3 is 1. The van der Waals surface area contributed by atoms with E-state index in [9.17, 15) is 19.1 Å². The van der Waals surface area contributed by atoms with Gasteiger partial charge in [-0.15, -0.1) is 5.10 Å². The van der Waals surface area contributed by atoms with E-state index >= 15 is 0 Å². The van der Waals surface area contributed by atoms with Crippen molar-refractivity contribution in [1.82, 2.24) is 19.3 Å². The zero-order valence-corrected chi connectivity index (χ0v) is 16.5. The lowest BCUT2D eigenvalue weighted by Gasteiger charge is -2.12.